The normalized spacial score (nSPS) is 18.9. The minimum atomic E-state index is -0.792. The van der Waals surface area contributed by atoms with Crippen LogP contribution in [0.3, 0.4) is 0 Å². The Morgan fingerprint density at radius 1 is 0.974 bits per heavy atom. The summed E-state index contributed by atoms with van der Waals surface area (Å²) in [7, 11) is 1.66. The van der Waals surface area contributed by atoms with Gasteiger partial charge in [0.1, 0.15) is 34.7 Å². The number of nitriles is 1. The maximum atomic E-state index is 15.1. The van der Waals surface area contributed by atoms with Gasteiger partial charge in [-0.1, -0.05) is 18.2 Å². The molecule has 1 aliphatic rings. The number of nitrogens with zero attached hydrogens (tertiary/aromatic N) is 5. The van der Waals surface area contributed by atoms with Crippen molar-refractivity contribution in [1.82, 2.24) is 14.5 Å². The van der Waals surface area contributed by atoms with Crippen LogP contribution in [-0.4, -0.2) is 39.6 Å². The summed E-state index contributed by atoms with van der Waals surface area (Å²) in [5, 5.41) is 9.40. The van der Waals surface area contributed by atoms with Crippen LogP contribution in [0.5, 0.6) is 0 Å². The average molecular weight is 518 g/mol. The molecule has 0 N–H and O–H groups in total. The van der Waals surface area contributed by atoms with Gasteiger partial charge in [-0.3, -0.25) is 9.69 Å². The van der Waals surface area contributed by atoms with Gasteiger partial charge in [-0.2, -0.15) is 5.26 Å². The minimum absolute atomic E-state index is 0.0917. The number of aromatic nitrogens is 2. The molecule has 0 saturated carbocycles. The molecule has 9 heteroatoms. The summed E-state index contributed by atoms with van der Waals surface area (Å²) < 4.78 is 45.4. The van der Waals surface area contributed by atoms with E-state index in [0.717, 1.165) is 0 Å². The third-order valence-corrected chi connectivity index (χ3v) is 7.32. The number of hydrogen-bond donors (Lipinski definition) is 0. The van der Waals surface area contributed by atoms with E-state index in [-0.39, 0.29) is 28.9 Å². The third kappa shape index (κ3) is 4.41. The molecule has 3 heterocycles. The van der Waals surface area contributed by atoms with Gasteiger partial charge in [0.2, 0.25) is 0 Å². The van der Waals surface area contributed by atoms with Crippen LogP contribution < -0.4 is 10.5 Å². The van der Waals surface area contributed by atoms with Crippen molar-refractivity contribution in [1.29, 1.82) is 5.26 Å². The van der Waals surface area contributed by atoms with E-state index in [9.17, 15) is 14.4 Å². The first-order valence-corrected chi connectivity index (χ1v) is 12.3. The Labute approximate surface area is 218 Å². The van der Waals surface area contributed by atoms with Crippen LogP contribution in [0.15, 0.2) is 65.5 Å². The summed E-state index contributed by atoms with van der Waals surface area (Å²) in [6.07, 6.45) is 0. The highest BCUT2D eigenvalue weighted by atomic mass is 19.1. The van der Waals surface area contributed by atoms with Crippen LogP contribution in [0.25, 0.3) is 11.0 Å². The highest BCUT2D eigenvalue weighted by Crippen LogP contribution is 2.37. The smallest absolute Gasteiger partial charge is 0.252 e. The second kappa shape index (κ2) is 9.95. The van der Waals surface area contributed by atoms with E-state index in [2.05, 4.69) is 16.0 Å². The molecule has 1 unspecified atom stereocenters. The van der Waals surface area contributed by atoms with Gasteiger partial charge in [0.15, 0.2) is 0 Å². The molecule has 2 aromatic carbocycles. The Bertz CT molecular complexity index is 1590. The van der Waals surface area contributed by atoms with Crippen molar-refractivity contribution in [3.8, 4) is 6.07 Å². The number of anilines is 1. The Morgan fingerprint density at radius 2 is 1.66 bits per heavy atom. The Balaban J connectivity index is 1.59. The van der Waals surface area contributed by atoms with Crippen molar-refractivity contribution < 1.29 is 13.2 Å². The van der Waals surface area contributed by atoms with Crippen molar-refractivity contribution in [3.63, 3.8) is 0 Å². The molecule has 0 bridgehead atoms. The lowest BCUT2D eigenvalue weighted by Crippen LogP contribution is -2.58. The zero-order valence-electron chi connectivity index (χ0n) is 21.2. The highest BCUT2D eigenvalue weighted by molar-refractivity contribution is 5.89. The van der Waals surface area contributed by atoms with Crippen molar-refractivity contribution in [2.75, 3.05) is 18.0 Å². The highest BCUT2D eigenvalue weighted by Gasteiger charge is 2.38. The van der Waals surface area contributed by atoms with Crippen LogP contribution in [0.4, 0.5) is 18.9 Å². The first-order valence-electron chi connectivity index (χ1n) is 12.3. The second-order valence-electron chi connectivity index (χ2n) is 9.74. The van der Waals surface area contributed by atoms with E-state index in [1.807, 2.05) is 18.7 Å². The predicted octanol–water partition coefficient (Wildman–Crippen LogP) is 4.91. The van der Waals surface area contributed by atoms with Gasteiger partial charge in [0, 0.05) is 43.9 Å². The summed E-state index contributed by atoms with van der Waals surface area (Å²) in [4.78, 5) is 21.4. The predicted molar refractivity (Wildman–Crippen MR) is 139 cm³/mol. The quantitative estimate of drug-likeness (QED) is 0.385. The molecule has 6 nitrogen and oxygen atoms in total. The van der Waals surface area contributed by atoms with Gasteiger partial charge in [-0.05, 0) is 55.8 Å². The molecule has 1 saturated heterocycles. The van der Waals surface area contributed by atoms with Gasteiger partial charge < -0.3 is 9.47 Å². The maximum absolute atomic E-state index is 15.1. The fourth-order valence-corrected chi connectivity index (χ4v) is 5.38. The van der Waals surface area contributed by atoms with Gasteiger partial charge >= 0.3 is 0 Å². The Hall–Kier alpha value is -4.16. The van der Waals surface area contributed by atoms with Gasteiger partial charge in [0.25, 0.3) is 5.56 Å². The van der Waals surface area contributed by atoms with E-state index in [0.29, 0.717) is 35.4 Å². The van der Waals surface area contributed by atoms with Crippen molar-refractivity contribution in [3.05, 3.63) is 105 Å². The van der Waals surface area contributed by atoms with Crippen LogP contribution in [0.1, 0.15) is 36.7 Å². The monoisotopic (exact) mass is 517 g/mol. The van der Waals surface area contributed by atoms with E-state index >= 15 is 8.78 Å². The zero-order valence-corrected chi connectivity index (χ0v) is 21.2. The summed E-state index contributed by atoms with van der Waals surface area (Å²) in [6.45, 7) is 4.74. The van der Waals surface area contributed by atoms with E-state index in [4.69, 9.17) is 0 Å². The fraction of sp³-hybridized carbons (Fsp3) is 0.276. The molecule has 38 heavy (non-hydrogen) atoms. The number of piperazine rings is 1. The third-order valence-electron chi connectivity index (χ3n) is 7.32. The van der Waals surface area contributed by atoms with Crippen LogP contribution in [0, 0.1) is 28.8 Å². The number of rotatable bonds is 4. The van der Waals surface area contributed by atoms with Crippen LogP contribution >= 0.6 is 0 Å². The number of aryl methyl sites for hydroxylation is 1. The van der Waals surface area contributed by atoms with Crippen LogP contribution in [-0.2, 0) is 7.05 Å². The summed E-state index contributed by atoms with van der Waals surface area (Å²) in [5.74, 6) is -1.78. The molecule has 1 fully saturated rings. The number of pyridine rings is 2. The number of benzene rings is 2. The molecule has 3 atom stereocenters. The first-order chi connectivity index (χ1) is 18.2. The Morgan fingerprint density at radius 3 is 2.32 bits per heavy atom. The standard InChI is InChI=1S/C29H26F3N5O/c1-17-16-37(29(19-7-9-20(30)10-8-19)27-22(31)5-4-6-23(27)32)18(2)15-36(17)25-13-26(38)35(3)24-12-11-21(14-33)34-28(24)25/h4-13,17-18,29H,15-16H2,1-3H3/t17-,18+,29?/m0/s1. The molecule has 0 amide bonds. The first kappa shape index (κ1) is 25.5. The molecular formula is C29H26F3N5O. The molecule has 0 radical (unpaired) electrons. The lowest BCUT2D eigenvalue weighted by atomic mass is 9.92. The van der Waals surface area contributed by atoms with Crippen LogP contribution in [0.2, 0.25) is 0 Å². The summed E-state index contributed by atoms with van der Waals surface area (Å²) in [5.41, 5.74) is 2.25. The molecule has 194 valence electrons. The number of hydrogen-bond acceptors (Lipinski definition) is 5. The molecule has 1 aliphatic heterocycles. The lowest BCUT2D eigenvalue weighted by Gasteiger charge is -2.48. The minimum Gasteiger partial charge on any atom is -0.364 e. The van der Waals surface area contributed by atoms with E-state index in [1.165, 1.54) is 41.0 Å². The van der Waals surface area contributed by atoms with Gasteiger partial charge in [-0.25, -0.2) is 18.2 Å². The fourth-order valence-electron chi connectivity index (χ4n) is 5.38. The Kier molecular flexibility index (Phi) is 6.67. The average Bonchev–Trinajstić information content (AvgIpc) is 2.90. The summed E-state index contributed by atoms with van der Waals surface area (Å²) in [6, 6.07) is 15.1. The molecule has 0 aliphatic carbocycles. The second-order valence-corrected chi connectivity index (χ2v) is 9.74. The number of fused-ring (bicyclic) bond motifs is 1. The molecule has 5 rings (SSSR count). The van der Waals surface area contributed by atoms with Crippen molar-refractivity contribution >= 4 is 16.7 Å². The largest absolute Gasteiger partial charge is 0.364 e. The van der Waals surface area contributed by atoms with Crippen molar-refractivity contribution in [2.45, 2.75) is 32.0 Å². The topological polar surface area (TPSA) is 65.2 Å². The molecular weight excluding hydrogens is 491 g/mol. The van der Waals surface area contributed by atoms with E-state index in [1.54, 1.807) is 31.3 Å². The molecule has 4 aromatic rings. The maximum Gasteiger partial charge on any atom is 0.252 e. The SMILES string of the molecule is C[C@@H]1CN(c2cc(=O)n(C)c3ccc(C#N)nc23)[C@@H](C)CN1C(c1ccc(F)cc1)c1c(F)cccc1F. The number of halogens is 3. The van der Waals surface area contributed by atoms with E-state index < -0.39 is 23.5 Å². The zero-order chi connectivity index (χ0) is 27.1. The van der Waals surface area contributed by atoms with Gasteiger partial charge in [0.05, 0.1) is 17.2 Å². The van der Waals surface area contributed by atoms with Crippen molar-refractivity contribution in [2.24, 2.45) is 7.05 Å². The molecule has 0 spiro atoms. The summed E-state index contributed by atoms with van der Waals surface area (Å²) >= 11 is 0. The lowest BCUT2D eigenvalue weighted by molar-refractivity contribution is 0.125. The molecule has 2 aromatic heterocycles. The van der Waals surface area contributed by atoms with Gasteiger partial charge in [-0.15, -0.1) is 0 Å².